The highest BCUT2D eigenvalue weighted by Crippen LogP contribution is 2.39. The van der Waals surface area contributed by atoms with Crippen LogP contribution >= 0.6 is 0 Å². The third kappa shape index (κ3) is 4.51. The molecule has 1 aliphatic carbocycles. The van der Waals surface area contributed by atoms with Gasteiger partial charge >= 0.3 is 0 Å². The second-order valence-electron chi connectivity index (χ2n) is 10.7. The topological polar surface area (TPSA) is 73.8 Å². The molecule has 180 valence electrons. The number of nitrogens with zero attached hydrogens (tertiary/aromatic N) is 4. The smallest absolute Gasteiger partial charge is 0.236 e. The zero-order valence-corrected chi connectivity index (χ0v) is 20.4. The highest BCUT2D eigenvalue weighted by Gasteiger charge is 2.49. The molecule has 1 aromatic rings. The van der Waals surface area contributed by atoms with Gasteiger partial charge in [0.15, 0.2) is 0 Å². The van der Waals surface area contributed by atoms with Crippen LogP contribution in [-0.4, -0.2) is 77.7 Å². The first-order chi connectivity index (χ1) is 15.8. The Bertz CT molecular complexity index is 873. The van der Waals surface area contributed by atoms with Gasteiger partial charge in [0.1, 0.15) is 5.41 Å². The van der Waals surface area contributed by atoms with Crippen molar-refractivity contribution in [2.75, 3.05) is 40.3 Å². The number of aromatic nitrogens is 1. The molecule has 0 N–H and O–H groups in total. The maximum absolute atomic E-state index is 13.8. The van der Waals surface area contributed by atoms with Gasteiger partial charge in [-0.25, -0.2) is 0 Å². The van der Waals surface area contributed by atoms with Gasteiger partial charge < -0.3 is 14.7 Å². The number of hydrogen-bond acceptors (Lipinski definition) is 4. The molecule has 3 aliphatic rings. The molecule has 0 unspecified atom stereocenters. The average molecular weight is 455 g/mol. The Morgan fingerprint density at radius 3 is 2.27 bits per heavy atom. The van der Waals surface area contributed by atoms with Gasteiger partial charge in [-0.1, -0.05) is 25.8 Å². The lowest BCUT2D eigenvalue weighted by Crippen LogP contribution is -2.59. The van der Waals surface area contributed by atoms with Crippen LogP contribution in [0.5, 0.6) is 0 Å². The summed E-state index contributed by atoms with van der Waals surface area (Å²) in [5.41, 5.74) is -0.571. The van der Waals surface area contributed by atoms with Gasteiger partial charge in [-0.3, -0.25) is 19.4 Å². The number of rotatable bonds is 4. The number of hydrogen-bond donors (Lipinski definition) is 0. The second-order valence-corrected chi connectivity index (χ2v) is 10.7. The number of likely N-dealkylation sites (N-methyl/N-ethyl adjacent to an activating group) is 1. The molecule has 7 nitrogen and oxygen atoms in total. The van der Waals surface area contributed by atoms with Crippen molar-refractivity contribution < 1.29 is 14.4 Å². The maximum atomic E-state index is 13.8. The highest BCUT2D eigenvalue weighted by molar-refractivity contribution is 5.90. The van der Waals surface area contributed by atoms with Crippen LogP contribution in [0.25, 0.3) is 0 Å². The largest absolute Gasteiger partial charge is 0.348 e. The predicted octanol–water partition coefficient (Wildman–Crippen LogP) is 2.85. The third-order valence-corrected chi connectivity index (χ3v) is 8.15. The maximum Gasteiger partial charge on any atom is 0.236 e. The van der Waals surface area contributed by atoms with Crippen molar-refractivity contribution in [3.8, 4) is 0 Å². The average Bonchev–Trinajstić information content (AvgIpc) is 3.38. The van der Waals surface area contributed by atoms with Gasteiger partial charge in [0.2, 0.25) is 17.7 Å². The molecular formula is C26H38N4O3. The number of piperidine rings is 2. The molecular weight excluding hydrogens is 416 g/mol. The van der Waals surface area contributed by atoms with E-state index >= 15 is 0 Å². The minimum atomic E-state index is -0.811. The summed E-state index contributed by atoms with van der Waals surface area (Å²) in [6, 6.07) is 5.67. The Morgan fingerprint density at radius 2 is 1.67 bits per heavy atom. The molecule has 2 aliphatic heterocycles. The van der Waals surface area contributed by atoms with E-state index in [1.807, 2.05) is 34.9 Å². The lowest BCUT2D eigenvalue weighted by atomic mass is 9.73. The van der Waals surface area contributed by atoms with Gasteiger partial charge in [0, 0.05) is 57.8 Å². The third-order valence-electron chi connectivity index (χ3n) is 8.15. The summed E-state index contributed by atoms with van der Waals surface area (Å²) >= 11 is 0. The Balaban J connectivity index is 1.48. The van der Waals surface area contributed by atoms with Crippen LogP contribution in [0.3, 0.4) is 0 Å². The Morgan fingerprint density at radius 1 is 0.970 bits per heavy atom. The van der Waals surface area contributed by atoms with Crippen LogP contribution in [0, 0.1) is 11.3 Å². The number of likely N-dealkylation sites (tertiary alicyclic amines) is 2. The van der Waals surface area contributed by atoms with E-state index in [1.54, 1.807) is 25.2 Å². The Labute approximate surface area is 197 Å². The van der Waals surface area contributed by atoms with Crippen molar-refractivity contribution >= 4 is 17.7 Å². The summed E-state index contributed by atoms with van der Waals surface area (Å²) in [6.45, 7) is 4.35. The predicted molar refractivity (Wildman–Crippen MR) is 126 cm³/mol. The van der Waals surface area contributed by atoms with E-state index in [0.29, 0.717) is 45.4 Å². The molecule has 3 amide bonds. The fourth-order valence-corrected chi connectivity index (χ4v) is 6.04. The van der Waals surface area contributed by atoms with Crippen molar-refractivity contribution in [1.82, 2.24) is 19.7 Å². The van der Waals surface area contributed by atoms with E-state index < -0.39 is 10.8 Å². The normalized spacial score (nSPS) is 25.7. The molecule has 0 radical (unpaired) electrons. The van der Waals surface area contributed by atoms with Crippen LogP contribution in [0.1, 0.15) is 64.0 Å². The Hall–Kier alpha value is -2.44. The van der Waals surface area contributed by atoms with Crippen LogP contribution in [0.15, 0.2) is 24.4 Å². The minimum Gasteiger partial charge on any atom is -0.348 e. The highest BCUT2D eigenvalue weighted by atomic mass is 16.2. The van der Waals surface area contributed by atoms with Gasteiger partial charge in [0.25, 0.3) is 0 Å². The van der Waals surface area contributed by atoms with Crippen LogP contribution < -0.4 is 0 Å². The molecule has 1 saturated carbocycles. The number of carbonyl (C=O) groups excluding carboxylic acids is 3. The molecule has 2 saturated heterocycles. The molecule has 1 aromatic heterocycles. The standard InChI is InChI=1S/C26H38N4O3/c1-25(13-17-29(18-14-25)22(31)20-9-4-5-10-20)23(32)30-16-8-12-26(19-30,24(33)28(2)3)21-11-6-7-15-27-21/h6-7,11,15,20H,4-5,8-10,12-14,16-19H2,1-3H3/t26-/m1/s1. The van der Waals surface area contributed by atoms with Crippen LogP contribution in [-0.2, 0) is 19.8 Å². The van der Waals surface area contributed by atoms with Gasteiger partial charge in [-0.05, 0) is 50.7 Å². The zero-order valence-electron chi connectivity index (χ0n) is 20.4. The summed E-state index contributed by atoms with van der Waals surface area (Å²) < 4.78 is 0. The van der Waals surface area contributed by atoms with E-state index in [1.165, 1.54) is 0 Å². The molecule has 3 fully saturated rings. The van der Waals surface area contributed by atoms with Gasteiger partial charge in [0.05, 0.1) is 5.69 Å². The first kappa shape index (κ1) is 23.7. The SMILES string of the molecule is CN(C)C(=O)[C@]1(c2ccccn2)CCCN(C(=O)C2(C)CCN(C(=O)C3CCCC3)CC2)C1. The van der Waals surface area contributed by atoms with Crippen molar-refractivity contribution in [2.45, 2.75) is 63.7 Å². The monoisotopic (exact) mass is 454 g/mol. The number of amides is 3. The van der Waals surface area contributed by atoms with Crippen molar-refractivity contribution in [3.05, 3.63) is 30.1 Å². The number of pyridine rings is 1. The molecule has 3 heterocycles. The zero-order chi connectivity index (χ0) is 23.6. The molecule has 0 bridgehead atoms. The van der Waals surface area contributed by atoms with Crippen molar-refractivity contribution in [2.24, 2.45) is 11.3 Å². The van der Waals surface area contributed by atoms with Crippen LogP contribution in [0.4, 0.5) is 0 Å². The van der Waals surface area contributed by atoms with E-state index in [9.17, 15) is 14.4 Å². The number of carbonyl (C=O) groups is 3. The van der Waals surface area contributed by atoms with Gasteiger partial charge in [-0.2, -0.15) is 0 Å². The van der Waals surface area contributed by atoms with Crippen LogP contribution in [0.2, 0.25) is 0 Å². The summed E-state index contributed by atoms with van der Waals surface area (Å²) in [6.07, 6.45) is 8.86. The lowest BCUT2D eigenvalue weighted by Gasteiger charge is -2.47. The van der Waals surface area contributed by atoms with Crippen molar-refractivity contribution in [3.63, 3.8) is 0 Å². The molecule has 7 heteroatoms. The summed E-state index contributed by atoms with van der Waals surface area (Å²) in [5, 5.41) is 0. The minimum absolute atomic E-state index is 0.000771. The van der Waals surface area contributed by atoms with E-state index in [4.69, 9.17) is 0 Å². The summed E-state index contributed by atoms with van der Waals surface area (Å²) in [7, 11) is 3.54. The summed E-state index contributed by atoms with van der Waals surface area (Å²) in [5.74, 6) is 0.580. The fourth-order valence-electron chi connectivity index (χ4n) is 6.04. The molecule has 0 spiro atoms. The quantitative estimate of drug-likeness (QED) is 0.701. The molecule has 1 atom stereocenters. The lowest BCUT2D eigenvalue weighted by molar-refractivity contribution is -0.152. The van der Waals surface area contributed by atoms with E-state index in [-0.39, 0.29) is 23.6 Å². The molecule has 0 aromatic carbocycles. The van der Waals surface area contributed by atoms with E-state index in [0.717, 1.165) is 37.8 Å². The first-order valence-corrected chi connectivity index (χ1v) is 12.5. The fraction of sp³-hybridized carbons (Fsp3) is 0.692. The van der Waals surface area contributed by atoms with E-state index in [2.05, 4.69) is 4.98 Å². The second kappa shape index (κ2) is 9.43. The Kier molecular flexibility index (Phi) is 6.78. The van der Waals surface area contributed by atoms with Crippen molar-refractivity contribution in [1.29, 1.82) is 0 Å². The summed E-state index contributed by atoms with van der Waals surface area (Å²) in [4.78, 5) is 50.1. The first-order valence-electron chi connectivity index (χ1n) is 12.5. The molecule has 4 rings (SSSR count). The van der Waals surface area contributed by atoms with Gasteiger partial charge in [-0.15, -0.1) is 0 Å². The molecule has 33 heavy (non-hydrogen) atoms.